The van der Waals surface area contributed by atoms with Crippen LogP contribution >= 0.6 is 0 Å². The quantitative estimate of drug-likeness (QED) is 0.819. The van der Waals surface area contributed by atoms with Gasteiger partial charge in [-0.1, -0.05) is 6.07 Å². The highest BCUT2D eigenvalue weighted by Gasteiger charge is 2.28. The Labute approximate surface area is 163 Å². The number of nitrogens with one attached hydrogen (secondary N) is 1. The predicted octanol–water partition coefficient (Wildman–Crippen LogP) is 2.84. The third-order valence-electron chi connectivity index (χ3n) is 4.94. The summed E-state index contributed by atoms with van der Waals surface area (Å²) in [7, 11) is 0. The third kappa shape index (κ3) is 3.42. The van der Waals surface area contributed by atoms with E-state index in [4.69, 9.17) is 4.74 Å². The number of aromatic nitrogens is 1. The summed E-state index contributed by atoms with van der Waals surface area (Å²) in [5.41, 5.74) is 2.28. The summed E-state index contributed by atoms with van der Waals surface area (Å²) < 4.78 is 7.66. The summed E-state index contributed by atoms with van der Waals surface area (Å²) in [5.74, 6) is -0.246. The summed E-state index contributed by atoms with van der Waals surface area (Å²) in [6, 6.07) is 7.50. The van der Waals surface area contributed by atoms with Gasteiger partial charge < -0.3 is 14.2 Å². The average Bonchev–Trinajstić information content (AvgIpc) is 2.97. The molecule has 4 amide bonds. The first kappa shape index (κ1) is 18.3. The van der Waals surface area contributed by atoms with Gasteiger partial charge in [-0.15, -0.1) is 0 Å². The van der Waals surface area contributed by atoms with E-state index < -0.39 is 11.6 Å². The Morgan fingerprint density at radius 2 is 1.89 bits per heavy atom. The summed E-state index contributed by atoms with van der Waals surface area (Å²) in [6.07, 6.45) is -0.0136. The minimum atomic E-state index is -0.521. The number of rotatable bonds is 1. The maximum Gasteiger partial charge on any atom is 0.410 e. The van der Waals surface area contributed by atoms with Crippen molar-refractivity contribution >= 4 is 34.6 Å². The van der Waals surface area contributed by atoms with Gasteiger partial charge in [0.1, 0.15) is 5.60 Å². The minimum Gasteiger partial charge on any atom is -0.444 e. The lowest BCUT2D eigenvalue weighted by molar-refractivity contribution is -0.120. The van der Waals surface area contributed by atoms with Gasteiger partial charge >= 0.3 is 12.1 Å². The zero-order chi connectivity index (χ0) is 20.1. The van der Waals surface area contributed by atoms with Crippen LogP contribution in [-0.4, -0.2) is 46.2 Å². The Kier molecular flexibility index (Phi) is 4.28. The van der Waals surface area contributed by atoms with Crippen LogP contribution in [0.25, 0.3) is 10.9 Å². The average molecular weight is 384 g/mol. The molecule has 0 bridgehead atoms. The smallest absolute Gasteiger partial charge is 0.410 e. The van der Waals surface area contributed by atoms with E-state index in [9.17, 15) is 14.4 Å². The molecule has 0 spiro atoms. The molecular formula is C20H24N4O4. The Bertz CT molecular complexity index is 972. The molecule has 2 aliphatic rings. The number of nitrogens with zero attached hydrogens (tertiary/aromatic N) is 3. The first-order valence-electron chi connectivity index (χ1n) is 9.43. The highest BCUT2D eigenvalue weighted by atomic mass is 16.6. The van der Waals surface area contributed by atoms with Gasteiger partial charge in [0, 0.05) is 42.8 Å². The number of carbonyl (C=O) groups is 3. The molecule has 28 heavy (non-hydrogen) atoms. The summed E-state index contributed by atoms with van der Waals surface area (Å²) in [6.45, 7) is 7.65. The monoisotopic (exact) mass is 384 g/mol. The van der Waals surface area contributed by atoms with Crippen LogP contribution in [0.4, 0.5) is 15.3 Å². The summed E-state index contributed by atoms with van der Waals surface area (Å²) in [4.78, 5) is 39.2. The Morgan fingerprint density at radius 1 is 1.11 bits per heavy atom. The van der Waals surface area contributed by atoms with Crippen molar-refractivity contribution in [2.45, 2.75) is 45.9 Å². The molecule has 0 atom stereocenters. The number of imide groups is 1. The number of amides is 4. The van der Waals surface area contributed by atoms with Crippen molar-refractivity contribution in [3.63, 3.8) is 0 Å². The molecule has 2 aliphatic heterocycles. The van der Waals surface area contributed by atoms with Gasteiger partial charge in [0.2, 0.25) is 5.91 Å². The van der Waals surface area contributed by atoms with Gasteiger partial charge in [-0.2, -0.15) is 0 Å². The molecule has 1 fully saturated rings. The van der Waals surface area contributed by atoms with E-state index in [-0.39, 0.29) is 12.0 Å². The first-order valence-corrected chi connectivity index (χ1v) is 9.43. The van der Waals surface area contributed by atoms with E-state index in [0.29, 0.717) is 32.6 Å². The topological polar surface area (TPSA) is 83.9 Å². The van der Waals surface area contributed by atoms with Gasteiger partial charge in [0.15, 0.2) is 0 Å². The van der Waals surface area contributed by atoms with E-state index in [1.807, 2.05) is 39.0 Å². The fourth-order valence-electron chi connectivity index (χ4n) is 3.65. The number of anilines is 1. The molecule has 1 saturated heterocycles. The standard InChI is InChI=1S/C20H24N4O4/c1-20(2,3)28-19(27)22-8-9-23-15(12-22)10-13-4-5-14(11-16(13)23)24-7-6-17(25)21-18(24)26/h4-5,10-11H,6-9,12H2,1-3H3,(H,21,25,26). The number of hydrogen-bond acceptors (Lipinski definition) is 4. The normalized spacial score (nSPS) is 17.5. The van der Waals surface area contributed by atoms with Crippen molar-refractivity contribution in [1.82, 2.24) is 14.8 Å². The van der Waals surface area contributed by atoms with Crippen LogP contribution in [-0.2, 0) is 22.6 Å². The molecular weight excluding hydrogens is 360 g/mol. The molecule has 1 aromatic heterocycles. The van der Waals surface area contributed by atoms with Crippen molar-refractivity contribution in [1.29, 1.82) is 0 Å². The predicted molar refractivity (Wildman–Crippen MR) is 104 cm³/mol. The Morgan fingerprint density at radius 3 is 2.61 bits per heavy atom. The fourth-order valence-corrected chi connectivity index (χ4v) is 3.65. The maximum atomic E-state index is 12.4. The highest BCUT2D eigenvalue weighted by Crippen LogP contribution is 2.29. The van der Waals surface area contributed by atoms with Gasteiger partial charge in [0.05, 0.1) is 12.1 Å². The van der Waals surface area contributed by atoms with Crippen molar-refractivity contribution in [3.8, 4) is 0 Å². The molecule has 8 heteroatoms. The van der Waals surface area contributed by atoms with Crippen LogP contribution in [0, 0.1) is 0 Å². The molecule has 3 heterocycles. The molecule has 8 nitrogen and oxygen atoms in total. The molecule has 0 radical (unpaired) electrons. The first-order chi connectivity index (χ1) is 13.2. The second-order valence-corrected chi connectivity index (χ2v) is 8.19. The van der Waals surface area contributed by atoms with Crippen LogP contribution in [0.1, 0.15) is 32.9 Å². The molecule has 2 aromatic rings. The number of ether oxygens (including phenoxy) is 1. The maximum absolute atomic E-state index is 12.4. The summed E-state index contributed by atoms with van der Waals surface area (Å²) in [5, 5.41) is 3.41. The van der Waals surface area contributed by atoms with Gasteiger partial charge in [-0.25, -0.2) is 9.59 Å². The minimum absolute atomic E-state index is 0.246. The Balaban J connectivity index is 1.59. The van der Waals surface area contributed by atoms with Crippen LogP contribution in [0.2, 0.25) is 0 Å². The van der Waals surface area contributed by atoms with Crippen molar-refractivity contribution in [2.24, 2.45) is 0 Å². The zero-order valence-electron chi connectivity index (χ0n) is 16.3. The van der Waals surface area contributed by atoms with Crippen LogP contribution in [0.3, 0.4) is 0 Å². The van der Waals surface area contributed by atoms with Crippen LogP contribution < -0.4 is 10.2 Å². The lowest BCUT2D eigenvalue weighted by Crippen LogP contribution is -2.49. The number of benzene rings is 1. The molecule has 0 aliphatic carbocycles. The number of urea groups is 1. The molecule has 4 rings (SSSR count). The number of carbonyl (C=O) groups excluding carboxylic acids is 3. The van der Waals surface area contributed by atoms with Gasteiger partial charge in [0.25, 0.3) is 0 Å². The lowest BCUT2D eigenvalue weighted by atomic mass is 10.2. The Hall–Kier alpha value is -3.03. The number of hydrogen-bond donors (Lipinski definition) is 1. The van der Waals surface area contributed by atoms with Crippen LogP contribution in [0.5, 0.6) is 0 Å². The van der Waals surface area contributed by atoms with E-state index in [1.165, 1.54) is 0 Å². The SMILES string of the molecule is CC(C)(C)OC(=O)N1CCn2c(cc3ccc(N4CCC(=O)NC4=O)cc32)C1. The van der Waals surface area contributed by atoms with Gasteiger partial charge in [-0.3, -0.25) is 15.0 Å². The zero-order valence-corrected chi connectivity index (χ0v) is 16.3. The second-order valence-electron chi connectivity index (χ2n) is 8.19. The van der Waals surface area contributed by atoms with E-state index in [0.717, 1.165) is 22.3 Å². The van der Waals surface area contributed by atoms with Crippen molar-refractivity contribution < 1.29 is 19.1 Å². The fraction of sp³-hybridized carbons (Fsp3) is 0.450. The lowest BCUT2D eigenvalue weighted by Gasteiger charge is -2.31. The molecule has 148 valence electrons. The van der Waals surface area contributed by atoms with E-state index in [2.05, 4.69) is 16.0 Å². The van der Waals surface area contributed by atoms with E-state index >= 15 is 0 Å². The summed E-state index contributed by atoms with van der Waals surface area (Å²) >= 11 is 0. The largest absolute Gasteiger partial charge is 0.444 e. The third-order valence-corrected chi connectivity index (χ3v) is 4.94. The molecule has 0 saturated carbocycles. The second kappa shape index (κ2) is 6.54. The van der Waals surface area contributed by atoms with Crippen molar-refractivity contribution in [2.75, 3.05) is 18.0 Å². The molecule has 1 aromatic carbocycles. The van der Waals surface area contributed by atoms with E-state index in [1.54, 1.807) is 9.80 Å². The number of fused-ring (bicyclic) bond motifs is 3. The highest BCUT2D eigenvalue weighted by molar-refractivity contribution is 6.06. The molecule has 0 unspecified atom stereocenters. The van der Waals surface area contributed by atoms with Gasteiger partial charge in [-0.05, 0) is 39.0 Å². The van der Waals surface area contributed by atoms with Crippen molar-refractivity contribution in [3.05, 3.63) is 30.0 Å². The molecule has 1 N–H and O–H groups in total. The van der Waals surface area contributed by atoms with Crippen LogP contribution in [0.15, 0.2) is 24.3 Å².